The largest absolute Gasteiger partial charge is 0.391 e. The molecule has 0 bridgehead atoms. The molecule has 0 aromatic heterocycles. The second-order valence-corrected chi connectivity index (χ2v) is 7.35. The third kappa shape index (κ3) is 7.36. The molecule has 0 heterocycles. The van der Waals surface area contributed by atoms with Gasteiger partial charge in [-0.15, -0.1) is 0 Å². The van der Waals surface area contributed by atoms with Crippen molar-refractivity contribution in [1.82, 2.24) is 4.90 Å². The molecule has 1 saturated carbocycles. The molecule has 144 valence electrons. The number of rotatable bonds is 13. The van der Waals surface area contributed by atoms with Crippen LogP contribution in [0.5, 0.6) is 0 Å². The molecule has 3 N–H and O–H groups in total. The first-order valence-corrected chi connectivity index (χ1v) is 9.87. The molecular formula is C19H39NO4. The Hall–Kier alpha value is -0.200. The van der Waals surface area contributed by atoms with Crippen molar-refractivity contribution in [2.24, 2.45) is 0 Å². The molecule has 5 atom stereocenters. The third-order valence-corrected chi connectivity index (χ3v) is 5.09. The lowest BCUT2D eigenvalue weighted by Crippen LogP contribution is -2.48. The Labute approximate surface area is 148 Å². The van der Waals surface area contributed by atoms with Gasteiger partial charge in [0.25, 0.3) is 0 Å². The molecule has 0 spiro atoms. The lowest BCUT2D eigenvalue weighted by atomic mass is 10.1. The van der Waals surface area contributed by atoms with E-state index in [0.29, 0.717) is 6.42 Å². The minimum absolute atomic E-state index is 0.190. The van der Waals surface area contributed by atoms with E-state index in [0.717, 1.165) is 32.2 Å². The van der Waals surface area contributed by atoms with Gasteiger partial charge in [0.2, 0.25) is 0 Å². The number of aliphatic hydroxyl groups excluding tert-OH is 3. The second-order valence-electron chi connectivity index (χ2n) is 7.35. The maximum Gasteiger partial charge on any atom is 0.102 e. The summed E-state index contributed by atoms with van der Waals surface area (Å²) in [5, 5.41) is 30.5. The van der Waals surface area contributed by atoms with E-state index in [9.17, 15) is 15.3 Å². The molecule has 24 heavy (non-hydrogen) atoms. The monoisotopic (exact) mass is 345 g/mol. The zero-order chi connectivity index (χ0) is 17.9. The number of unbranched alkanes of at least 4 members (excludes halogenated alkanes) is 5. The molecule has 1 fully saturated rings. The first-order chi connectivity index (χ1) is 11.5. The van der Waals surface area contributed by atoms with Crippen molar-refractivity contribution in [1.29, 1.82) is 0 Å². The maximum absolute atomic E-state index is 10.3. The Kier molecular flexibility index (Phi) is 11.1. The SMILES string of the molecule is CCCCCCCN(C)C1C(O)CC(O)C1OCC(O)CCCC. The van der Waals surface area contributed by atoms with E-state index in [-0.39, 0.29) is 12.6 Å². The van der Waals surface area contributed by atoms with Gasteiger partial charge in [0.1, 0.15) is 6.10 Å². The van der Waals surface area contributed by atoms with Gasteiger partial charge in [-0.25, -0.2) is 0 Å². The van der Waals surface area contributed by atoms with Gasteiger partial charge in [0.15, 0.2) is 0 Å². The average molecular weight is 346 g/mol. The van der Waals surface area contributed by atoms with Gasteiger partial charge in [-0.1, -0.05) is 52.4 Å². The van der Waals surface area contributed by atoms with Crippen LogP contribution in [0.1, 0.15) is 71.6 Å². The van der Waals surface area contributed by atoms with Crippen LogP contribution in [0.4, 0.5) is 0 Å². The van der Waals surface area contributed by atoms with E-state index >= 15 is 0 Å². The standard InChI is InChI=1S/C19H39NO4/c1-4-6-8-9-10-12-20(3)18-16(22)13-17(23)19(18)24-14-15(21)11-7-5-2/h15-19,21-23H,4-14H2,1-3H3. The lowest BCUT2D eigenvalue weighted by molar-refractivity contribution is -0.0834. The van der Waals surface area contributed by atoms with Crippen molar-refractivity contribution in [3.63, 3.8) is 0 Å². The number of aliphatic hydroxyl groups is 3. The summed E-state index contributed by atoms with van der Waals surface area (Å²) in [4.78, 5) is 2.12. The molecular weight excluding hydrogens is 306 g/mol. The smallest absolute Gasteiger partial charge is 0.102 e. The summed E-state index contributed by atoms with van der Waals surface area (Å²) in [7, 11) is 2.00. The first kappa shape index (κ1) is 21.8. The molecule has 5 unspecified atom stereocenters. The van der Waals surface area contributed by atoms with Crippen molar-refractivity contribution >= 4 is 0 Å². The molecule has 1 rings (SSSR count). The van der Waals surface area contributed by atoms with Crippen LogP contribution < -0.4 is 0 Å². The molecule has 1 aliphatic rings. The molecule has 0 saturated heterocycles. The summed E-state index contributed by atoms with van der Waals surface area (Å²) in [6.45, 7) is 5.43. The molecule has 0 aromatic carbocycles. The molecule has 0 radical (unpaired) electrons. The molecule has 5 nitrogen and oxygen atoms in total. The molecule has 0 aliphatic heterocycles. The Balaban J connectivity index is 2.43. The number of ether oxygens (including phenoxy) is 1. The Bertz CT molecular complexity index is 316. The van der Waals surface area contributed by atoms with Crippen molar-refractivity contribution in [2.75, 3.05) is 20.2 Å². The van der Waals surface area contributed by atoms with Crippen molar-refractivity contribution < 1.29 is 20.1 Å². The highest BCUT2D eigenvalue weighted by Crippen LogP contribution is 2.28. The van der Waals surface area contributed by atoms with Crippen LogP contribution in [0.2, 0.25) is 0 Å². The van der Waals surface area contributed by atoms with Crippen molar-refractivity contribution in [3.05, 3.63) is 0 Å². The van der Waals surface area contributed by atoms with Crippen LogP contribution >= 0.6 is 0 Å². The Morgan fingerprint density at radius 1 is 1.00 bits per heavy atom. The lowest BCUT2D eigenvalue weighted by Gasteiger charge is -2.32. The van der Waals surface area contributed by atoms with E-state index in [1.165, 1.54) is 25.7 Å². The van der Waals surface area contributed by atoms with E-state index in [4.69, 9.17) is 4.74 Å². The molecule has 0 amide bonds. The van der Waals surface area contributed by atoms with Crippen LogP contribution in [0, 0.1) is 0 Å². The van der Waals surface area contributed by atoms with Gasteiger partial charge in [-0.2, -0.15) is 0 Å². The maximum atomic E-state index is 10.3. The highest BCUT2D eigenvalue weighted by Gasteiger charge is 2.44. The summed E-state index contributed by atoms with van der Waals surface area (Å²) in [5.41, 5.74) is 0. The van der Waals surface area contributed by atoms with Crippen LogP contribution in [0.25, 0.3) is 0 Å². The fourth-order valence-corrected chi connectivity index (χ4v) is 3.58. The van der Waals surface area contributed by atoms with Crippen LogP contribution in [-0.2, 0) is 4.74 Å². The normalized spacial score (nSPS) is 28.6. The topological polar surface area (TPSA) is 73.2 Å². The minimum atomic E-state index is -0.661. The summed E-state index contributed by atoms with van der Waals surface area (Å²) in [5.74, 6) is 0. The van der Waals surface area contributed by atoms with Gasteiger partial charge in [0.05, 0.1) is 31.0 Å². The minimum Gasteiger partial charge on any atom is -0.391 e. The van der Waals surface area contributed by atoms with Crippen LogP contribution in [-0.4, -0.2) is 70.9 Å². The zero-order valence-corrected chi connectivity index (χ0v) is 15.9. The van der Waals surface area contributed by atoms with E-state index < -0.39 is 24.4 Å². The van der Waals surface area contributed by atoms with Gasteiger partial charge in [0, 0.05) is 6.42 Å². The van der Waals surface area contributed by atoms with Crippen LogP contribution in [0.3, 0.4) is 0 Å². The molecule has 1 aliphatic carbocycles. The average Bonchev–Trinajstić information content (AvgIpc) is 2.84. The van der Waals surface area contributed by atoms with E-state index in [1.807, 2.05) is 7.05 Å². The third-order valence-electron chi connectivity index (χ3n) is 5.09. The summed E-state index contributed by atoms with van der Waals surface area (Å²) < 4.78 is 5.82. The van der Waals surface area contributed by atoms with E-state index in [1.54, 1.807) is 0 Å². The first-order valence-electron chi connectivity index (χ1n) is 9.87. The van der Waals surface area contributed by atoms with Crippen LogP contribution in [0.15, 0.2) is 0 Å². The highest BCUT2D eigenvalue weighted by atomic mass is 16.5. The number of likely N-dealkylation sites (N-methyl/N-ethyl adjacent to an activating group) is 1. The molecule has 5 heteroatoms. The van der Waals surface area contributed by atoms with Crippen molar-refractivity contribution in [3.8, 4) is 0 Å². The van der Waals surface area contributed by atoms with Crippen molar-refractivity contribution in [2.45, 2.75) is 102 Å². The summed E-state index contributed by atoms with van der Waals surface area (Å²) >= 11 is 0. The predicted octanol–water partition coefficient (Wildman–Crippen LogP) is 2.32. The second kappa shape index (κ2) is 12.2. The Morgan fingerprint density at radius 2 is 1.67 bits per heavy atom. The van der Waals surface area contributed by atoms with Gasteiger partial charge in [-0.05, 0) is 26.4 Å². The van der Waals surface area contributed by atoms with E-state index in [2.05, 4.69) is 18.7 Å². The Morgan fingerprint density at radius 3 is 2.33 bits per heavy atom. The number of hydrogen-bond acceptors (Lipinski definition) is 5. The zero-order valence-electron chi connectivity index (χ0n) is 15.9. The fraction of sp³-hybridized carbons (Fsp3) is 1.00. The number of nitrogens with zero attached hydrogens (tertiary/aromatic N) is 1. The summed E-state index contributed by atoms with van der Waals surface area (Å²) in [6.07, 6.45) is 7.01. The summed E-state index contributed by atoms with van der Waals surface area (Å²) in [6, 6.07) is -0.190. The fourth-order valence-electron chi connectivity index (χ4n) is 3.58. The van der Waals surface area contributed by atoms with Gasteiger partial charge in [-0.3, -0.25) is 4.90 Å². The quantitative estimate of drug-likeness (QED) is 0.447. The van der Waals surface area contributed by atoms with Gasteiger partial charge >= 0.3 is 0 Å². The highest BCUT2D eigenvalue weighted by molar-refractivity contribution is 4.98. The number of hydrogen-bond donors (Lipinski definition) is 3. The predicted molar refractivity (Wildman–Crippen MR) is 97.1 cm³/mol. The molecule has 0 aromatic rings. The van der Waals surface area contributed by atoms with Gasteiger partial charge < -0.3 is 20.1 Å².